The van der Waals surface area contributed by atoms with Gasteiger partial charge in [0.2, 0.25) is 0 Å². The van der Waals surface area contributed by atoms with Gasteiger partial charge in [-0.3, -0.25) is 0 Å². The molecule has 5 heteroatoms. The van der Waals surface area contributed by atoms with E-state index >= 15 is 0 Å². The van der Waals surface area contributed by atoms with Gasteiger partial charge in [0.15, 0.2) is 0 Å². The van der Waals surface area contributed by atoms with Crippen LogP contribution < -0.4 is 10.5 Å². The first-order valence-corrected chi connectivity index (χ1v) is 6.76. The molecule has 0 unspecified atom stereocenters. The molecule has 0 atom stereocenters. The molecule has 0 aromatic heterocycles. The Bertz CT molecular complexity index is 575. The van der Waals surface area contributed by atoms with Crippen molar-refractivity contribution in [3.05, 3.63) is 56.5 Å². The van der Waals surface area contributed by atoms with Gasteiger partial charge in [-0.1, -0.05) is 45.2 Å². The van der Waals surface area contributed by atoms with Gasteiger partial charge >= 0.3 is 0 Å². The summed E-state index contributed by atoms with van der Waals surface area (Å²) in [5, 5.41) is 1.03. The van der Waals surface area contributed by atoms with Gasteiger partial charge in [0.05, 0.1) is 10.0 Å². The first kappa shape index (κ1) is 13.7. The van der Waals surface area contributed by atoms with E-state index in [9.17, 15) is 0 Å². The van der Waals surface area contributed by atoms with Crippen LogP contribution in [0.15, 0.2) is 40.9 Å². The Morgan fingerprint density at radius 1 is 1.00 bits per heavy atom. The summed E-state index contributed by atoms with van der Waals surface area (Å²) >= 11 is 15.5. The van der Waals surface area contributed by atoms with E-state index < -0.39 is 0 Å². The number of halogens is 3. The van der Waals surface area contributed by atoms with Gasteiger partial charge < -0.3 is 10.5 Å². The van der Waals surface area contributed by atoms with E-state index in [4.69, 9.17) is 33.7 Å². The standard InChI is InChI=1S/C13H10BrCl2NO/c14-9-2-3-10(15)13(6-9)18-12-4-1-8(7-17)5-11(12)16/h1-6H,7,17H2. The SMILES string of the molecule is NCc1ccc(Oc2cc(Br)ccc2Cl)c(Cl)c1. The number of hydrogen-bond acceptors (Lipinski definition) is 2. The Morgan fingerprint density at radius 2 is 1.78 bits per heavy atom. The Morgan fingerprint density at radius 3 is 2.44 bits per heavy atom. The van der Waals surface area contributed by atoms with Crippen molar-refractivity contribution in [2.24, 2.45) is 5.73 Å². The van der Waals surface area contributed by atoms with E-state index in [1.165, 1.54) is 0 Å². The molecule has 0 aliphatic carbocycles. The lowest BCUT2D eigenvalue weighted by Gasteiger charge is -2.10. The molecule has 2 N–H and O–H groups in total. The normalized spacial score (nSPS) is 10.4. The van der Waals surface area contributed by atoms with Crippen molar-refractivity contribution in [2.45, 2.75) is 6.54 Å². The third-order valence-electron chi connectivity index (χ3n) is 2.35. The van der Waals surface area contributed by atoms with Crippen LogP contribution in [0.4, 0.5) is 0 Å². The second kappa shape index (κ2) is 5.93. The predicted octanol–water partition coefficient (Wildman–Crippen LogP) is 5.01. The molecule has 94 valence electrons. The monoisotopic (exact) mass is 345 g/mol. The molecule has 0 aliphatic rings. The third kappa shape index (κ3) is 3.18. The van der Waals surface area contributed by atoms with Crippen molar-refractivity contribution < 1.29 is 4.74 Å². The Balaban J connectivity index is 2.31. The van der Waals surface area contributed by atoms with Gasteiger partial charge in [-0.25, -0.2) is 0 Å². The second-order valence-corrected chi connectivity index (χ2v) is 5.38. The number of rotatable bonds is 3. The largest absolute Gasteiger partial charge is 0.454 e. The number of hydrogen-bond donors (Lipinski definition) is 1. The van der Waals surface area contributed by atoms with Crippen LogP contribution in [0.1, 0.15) is 5.56 Å². The topological polar surface area (TPSA) is 35.2 Å². The molecule has 0 saturated heterocycles. The lowest BCUT2D eigenvalue weighted by Crippen LogP contribution is -1.96. The molecular formula is C13H10BrCl2NO. The average Bonchev–Trinajstić information content (AvgIpc) is 2.36. The van der Waals surface area contributed by atoms with Crippen LogP contribution in [0.3, 0.4) is 0 Å². The molecule has 0 bridgehead atoms. The lowest BCUT2D eigenvalue weighted by atomic mass is 10.2. The smallest absolute Gasteiger partial charge is 0.147 e. The number of ether oxygens (including phenoxy) is 1. The van der Waals surface area contributed by atoms with Crippen LogP contribution in [0.2, 0.25) is 10.0 Å². The minimum atomic E-state index is 0.442. The van der Waals surface area contributed by atoms with Gasteiger partial charge in [-0.2, -0.15) is 0 Å². The summed E-state index contributed by atoms with van der Waals surface area (Å²) in [6.07, 6.45) is 0. The molecule has 0 aliphatic heterocycles. The van der Waals surface area contributed by atoms with Crippen LogP contribution in [0.5, 0.6) is 11.5 Å². The fraction of sp³-hybridized carbons (Fsp3) is 0.0769. The molecular weight excluding hydrogens is 337 g/mol. The molecule has 0 fully saturated rings. The van der Waals surface area contributed by atoms with E-state index in [2.05, 4.69) is 15.9 Å². The Hall–Kier alpha value is -0.740. The summed E-state index contributed by atoms with van der Waals surface area (Å²) in [4.78, 5) is 0. The van der Waals surface area contributed by atoms with Crippen molar-refractivity contribution in [1.29, 1.82) is 0 Å². The average molecular weight is 347 g/mol. The van der Waals surface area contributed by atoms with Crippen LogP contribution in [0, 0.1) is 0 Å². The first-order valence-electron chi connectivity index (χ1n) is 5.21. The lowest BCUT2D eigenvalue weighted by molar-refractivity contribution is 0.482. The molecule has 2 aromatic carbocycles. The molecule has 0 saturated carbocycles. The summed E-state index contributed by atoms with van der Waals surface area (Å²) < 4.78 is 6.57. The van der Waals surface area contributed by atoms with Gasteiger partial charge in [-0.05, 0) is 35.9 Å². The van der Waals surface area contributed by atoms with E-state index in [0.717, 1.165) is 10.0 Å². The highest BCUT2D eigenvalue weighted by molar-refractivity contribution is 9.10. The van der Waals surface area contributed by atoms with Crippen LogP contribution >= 0.6 is 39.1 Å². The van der Waals surface area contributed by atoms with Crippen LogP contribution in [-0.4, -0.2) is 0 Å². The van der Waals surface area contributed by atoms with Crippen molar-refractivity contribution in [1.82, 2.24) is 0 Å². The van der Waals surface area contributed by atoms with E-state index in [0.29, 0.717) is 28.1 Å². The summed E-state index contributed by atoms with van der Waals surface area (Å²) in [5.74, 6) is 1.10. The molecule has 0 heterocycles. The Labute approximate surface area is 124 Å². The zero-order valence-corrected chi connectivity index (χ0v) is 12.4. The van der Waals surface area contributed by atoms with Gasteiger partial charge in [0.25, 0.3) is 0 Å². The zero-order valence-electron chi connectivity index (χ0n) is 9.29. The highest BCUT2D eigenvalue weighted by atomic mass is 79.9. The van der Waals surface area contributed by atoms with Gasteiger partial charge in [-0.15, -0.1) is 0 Å². The quantitative estimate of drug-likeness (QED) is 0.848. The molecule has 2 aromatic rings. The highest BCUT2D eigenvalue weighted by Crippen LogP contribution is 2.35. The maximum atomic E-state index is 6.11. The summed E-state index contributed by atoms with van der Waals surface area (Å²) in [6.45, 7) is 0.442. The fourth-order valence-corrected chi connectivity index (χ4v) is 2.17. The van der Waals surface area contributed by atoms with Crippen molar-refractivity contribution in [3.63, 3.8) is 0 Å². The van der Waals surface area contributed by atoms with Gasteiger partial charge in [0, 0.05) is 11.0 Å². The summed E-state index contributed by atoms with van der Waals surface area (Å²) in [6, 6.07) is 10.8. The molecule has 0 spiro atoms. The zero-order chi connectivity index (χ0) is 13.1. The van der Waals surface area contributed by atoms with Gasteiger partial charge in [0.1, 0.15) is 11.5 Å². The highest BCUT2D eigenvalue weighted by Gasteiger charge is 2.07. The van der Waals surface area contributed by atoms with Crippen molar-refractivity contribution in [3.8, 4) is 11.5 Å². The van der Waals surface area contributed by atoms with Crippen molar-refractivity contribution >= 4 is 39.1 Å². The molecule has 0 radical (unpaired) electrons. The molecule has 18 heavy (non-hydrogen) atoms. The summed E-state index contributed by atoms with van der Waals surface area (Å²) in [5.41, 5.74) is 6.49. The maximum Gasteiger partial charge on any atom is 0.147 e. The minimum Gasteiger partial charge on any atom is -0.454 e. The summed E-state index contributed by atoms with van der Waals surface area (Å²) in [7, 11) is 0. The first-order chi connectivity index (χ1) is 8.60. The van der Waals surface area contributed by atoms with E-state index in [-0.39, 0.29) is 0 Å². The number of benzene rings is 2. The third-order valence-corrected chi connectivity index (χ3v) is 3.45. The molecule has 2 rings (SSSR count). The van der Waals surface area contributed by atoms with Crippen LogP contribution in [0.25, 0.3) is 0 Å². The van der Waals surface area contributed by atoms with E-state index in [1.54, 1.807) is 24.3 Å². The van der Waals surface area contributed by atoms with E-state index in [1.807, 2.05) is 12.1 Å². The van der Waals surface area contributed by atoms with Crippen LogP contribution in [-0.2, 0) is 6.54 Å². The number of nitrogens with two attached hydrogens (primary N) is 1. The molecule has 2 nitrogen and oxygen atoms in total. The van der Waals surface area contributed by atoms with Crippen molar-refractivity contribution in [2.75, 3.05) is 0 Å². The Kier molecular flexibility index (Phi) is 4.51. The molecule has 0 amide bonds. The predicted molar refractivity (Wildman–Crippen MR) is 78.6 cm³/mol. The second-order valence-electron chi connectivity index (χ2n) is 3.65. The fourth-order valence-electron chi connectivity index (χ4n) is 1.43. The maximum absolute atomic E-state index is 6.11. The minimum absolute atomic E-state index is 0.442.